The van der Waals surface area contributed by atoms with Gasteiger partial charge in [-0.2, -0.15) is 5.10 Å². The van der Waals surface area contributed by atoms with Crippen LogP contribution in [0.4, 0.5) is 5.69 Å². The van der Waals surface area contributed by atoms with E-state index in [1.54, 1.807) is 13.8 Å². The normalized spacial score (nSPS) is 11.6. The second kappa shape index (κ2) is 6.08. The zero-order valence-electron chi connectivity index (χ0n) is 14.4. The Morgan fingerprint density at radius 3 is 2.72 bits per heavy atom. The number of aliphatic carboxylic acids is 1. The van der Waals surface area contributed by atoms with Crippen molar-refractivity contribution in [2.45, 2.75) is 32.9 Å². The number of aryl methyl sites for hydroxylation is 1. The van der Waals surface area contributed by atoms with E-state index < -0.39 is 11.5 Å². The number of benzene rings is 1. The highest BCUT2D eigenvalue weighted by Gasteiger charge is 2.30. The van der Waals surface area contributed by atoms with Crippen molar-refractivity contribution in [2.24, 2.45) is 0 Å². The third-order valence-electron chi connectivity index (χ3n) is 4.28. The van der Waals surface area contributed by atoms with Crippen molar-refractivity contribution in [1.82, 2.24) is 14.3 Å². The van der Waals surface area contributed by atoms with E-state index in [9.17, 15) is 14.7 Å². The predicted molar refractivity (Wildman–Crippen MR) is 94.5 cm³/mol. The number of nitrogens with zero attached hydrogens (tertiary/aromatic N) is 3. The van der Waals surface area contributed by atoms with Crippen LogP contribution in [0, 0.1) is 6.92 Å². The maximum atomic E-state index is 12.4. The van der Waals surface area contributed by atoms with Crippen molar-refractivity contribution in [3.63, 3.8) is 0 Å². The summed E-state index contributed by atoms with van der Waals surface area (Å²) in [4.78, 5) is 23.7. The zero-order chi connectivity index (χ0) is 18.2. The van der Waals surface area contributed by atoms with Crippen molar-refractivity contribution < 1.29 is 14.7 Å². The molecule has 0 aliphatic heterocycles. The van der Waals surface area contributed by atoms with Gasteiger partial charge in [0.05, 0.1) is 11.9 Å². The largest absolute Gasteiger partial charge is 0.479 e. The van der Waals surface area contributed by atoms with Gasteiger partial charge in [0.15, 0.2) is 5.54 Å². The number of amides is 1. The summed E-state index contributed by atoms with van der Waals surface area (Å²) < 4.78 is 3.26. The zero-order valence-corrected chi connectivity index (χ0v) is 14.4. The van der Waals surface area contributed by atoms with Gasteiger partial charge in [0, 0.05) is 17.4 Å². The molecule has 7 heteroatoms. The van der Waals surface area contributed by atoms with Crippen molar-refractivity contribution in [3.05, 3.63) is 48.4 Å². The van der Waals surface area contributed by atoms with Crippen molar-refractivity contribution >= 4 is 28.5 Å². The molecule has 0 aliphatic carbocycles. The monoisotopic (exact) mass is 340 g/mol. The molecular formula is C18H20N4O3. The first-order chi connectivity index (χ1) is 11.8. The third-order valence-corrected chi connectivity index (χ3v) is 4.28. The molecule has 0 spiro atoms. The average molecular weight is 340 g/mol. The summed E-state index contributed by atoms with van der Waals surface area (Å²) in [5, 5.41) is 17.1. The first-order valence-corrected chi connectivity index (χ1v) is 7.92. The lowest BCUT2D eigenvalue weighted by molar-refractivity contribution is -0.146. The van der Waals surface area contributed by atoms with Crippen molar-refractivity contribution in [2.75, 3.05) is 5.32 Å². The van der Waals surface area contributed by atoms with Gasteiger partial charge in [-0.05, 0) is 38.3 Å². The summed E-state index contributed by atoms with van der Waals surface area (Å²) in [6.45, 7) is 5.22. The molecule has 0 unspecified atom stereocenters. The van der Waals surface area contributed by atoms with E-state index in [0.29, 0.717) is 5.69 Å². The first-order valence-electron chi connectivity index (χ1n) is 7.92. The number of carboxylic acids is 1. The van der Waals surface area contributed by atoms with E-state index in [4.69, 9.17) is 0 Å². The van der Waals surface area contributed by atoms with Gasteiger partial charge in [-0.1, -0.05) is 18.2 Å². The molecule has 0 atom stereocenters. The molecular weight excluding hydrogens is 320 g/mol. The van der Waals surface area contributed by atoms with Gasteiger partial charge in [-0.15, -0.1) is 0 Å². The van der Waals surface area contributed by atoms with Crippen LogP contribution in [0.5, 0.6) is 0 Å². The standard InChI is InChI=1S/C18H20N4O3/c1-12-8-13-6-4-5-7-15(13)21(12)11-16(23)20-14-9-19-22(10-14)18(2,3)17(24)25/h4-10H,11H2,1-3H3,(H,20,23)(H,24,25). The van der Waals surface area contributed by atoms with E-state index >= 15 is 0 Å². The van der Waals surface area contributed by atoms with Crippen LogP contribution in [0.3, 0.4) is 0 Å². The van der Waals surface area contributed by atoms with Crippen LogP contribution < -0.4 is 5.32 Å². The molecule has 25 heavy (non-hydrogen) atoms. The summed E-state index contributed by atoms with van der Waals surface area (Å²) in [5.41, 5.74) is 1.28. The van der Waals surface area contributed by atoms with Gasteiger partial charge in [-0.3, -0.25) is 9.48 Å². The number of fused-ring (bicyclic) bond motifs is 1. The Morgan fingerprint density at radius 2 is 2.00 bits per heavy atom. The van der Waals surface area contributed by atoms with E-state index in [1.165, 1.54) is 17.1 Å². The highest BCUT2D eigenvalue weighted by Crippen LogP contribution is 2.20. The van der Waals surface area contributed by atoms with E-state index in [0.717, 1.165) is 16.6 Å². The SMILES string of the molecule is Cc1cc2ccccc2n1CC(=O)Nc1cnn(C(C)(C)C(=O)O)c1. The highest BCUT2D eigenvalue weighted by atomic mass is 16.4. The molecule has 7 nitrogen and oxygen atoms in total. The van der Waals surface area contributed by atoms with Crippen LogP contribution in [0.2, 0.25) is 0 Å². The topological polar surface area (TPSA) is 89.2 Å². The van der Waals surface area contributed by atoms with E-state index in [1.807, 2.05) is 41.8 Å². The Hall–Kier alpha value is -3.09. The van der Waals surface area contributed by atoms with Gasteiger partial charge in [0.1, 0.15) is 6.54 Å². The molecule has 2 N–H and O–H groups in total. The van der Waals surface area contributed by atoms with Crippen LogP contribution >= 0.6 is 0 Å². The molecule has 3 rings (SSSR count). The summed E-state index contributed by atoms with van der Waals surface area (Å²) in [7, 11) is 0. The second-order valence-corrected chi connectivity index (χ2v) is 6.52. The Labute approximate surface area is 144 Å². The minimum Gasteiger partial charge on any atom is -0.479 e. The fourth-order valence-electron chi connectivity index (χ4n) is 2.69. The molecule has 0 saturated carbocycles. The Balaban J connectivity index is 1.76. The number of carbonyl (C=O) groups excluding carboxylic acids is 1. The summed E-state index contributed by atoms with van der Waals surface area (Å²) >= 11 is 0. The lowest BCUT2D eigenvalue weighted by atomic mass is 10.1. The first kappa shape index (κ1) is 16.8. The van der Waals surface area contributed by atoms with Gasteiger partial charge < -0.3 is 15.0 Å². The number of nitrogens with one attached hydrogen (secondary N) is 1. The minimum absolute atomic E-state index is 0.173. The maximum Gasteiger partial charge on any atom is 0.331 e. The molecule has 0 saturated heterocycles. The van der Waals surface area contributed by atoms with Gasteiger partial charge in [0.2, 0.25) is 5.91 Å². The van der Waals surface area contributed by atoms with E-state index in [-0.39, 0.29) is 12.5 Å². The lowest BCUT2D eigenvalue weighted by Gasteiger charge is -2.19. The molecule has 130 valence electrons. The lowest BCUT2D eigenvalue weighted by Crippen LogP contribution is -2.35. The molecule has 2 heterocycles. The Morgan fingerprint density at radius 1 is 1.28 bits per heavy atom. The smallest absolute Gasteiger partial charge is 0.331 e. The van der Waals surface area contributed by atoms with Gasteiger partial charge in [-0.25, -0.2) is 4.79 Å². The van der Waals surface area contributed by atoms with Gasteiger partial charge >= 0.3 is 5.97 Å². The Kier molecular flexibility index (Phi) is 4.08. The molecule has 0 fully saturated rings. The van der Waals surface area contributed by atoms with Gasteiger partial charge in [0.25, 0.3) is 0 Å². The van der Waals surface area contributed by atoms with Crippen LogP contribution in [-0.4, -0.2) is 31.3 Å². The molecule has 1 amide bonds. The second-order valence-electron chi connectivity index (χ2n) is 6.52. The molecule has 1 aromatic carbocycles. The number of carbonyl (C=O) groups is 2. The fourth-order valence-corrected chi connectivity index (χ4v) is 2.69. The fraction of sp³-hybridized carbons (Fsp3) is 0.278. The molecule has 0 bridgehead atoms. The van der Waals surface area contributed by atoms with Crippen molar-refractivity contribution in [1.29, 1.82) is 0 Å². The molecule has 0 aliphatic rings. The highest BCUT2D eigenvalue weighted by molar-refractivity contribution is 5.92. The quantitative estimate of drug-likeness (QED) is 0.747. The number of aromatic nitrogens is 3. The molecule has 3 aromatic rings. The minimum atomic E-state index is -1.18. The summed E-state index contributed by atoms with van der Waals surface area (Å²) in [6.07, 6.45) is 2.97. The van der Waals surface area contributed by atoms with E-state index in [2.05, 4.69) is 10.4 Å². The Bertz CT molecular complexity index is 952. The summed E-state index contributed by atoms with van der Waals surface area (Å²) in [5.74, 6) is -1.19. The maximum absolute atomic E-state index is 12.4. The third kappa shape index (κ3) is 3.13. The van der Waals surface area contributed by atoms with Crippen LogP contribution in [0.25, 0.3) is 10.9 Å². The number of rotatable bonds is 5. The number of para-hydroxylation sites is 1. The number of hydrogen-bond acceptors (Lipinski definition) is 3. The molecule has 0 radical (unpaired) electrons. The van der Waals surface area contributed by atoms with Crippen LogP contribution in [0.15, 0.2) is 42.7 Å². The molecule has 2 aromatic heterocycles. The predicted octanol–water partition coefficient (Wildman–Crippen LogP) is 2.60. The van der Waals surface area contributed by atoms with Crippen molar-refractivity contribution in [3.8, 4) is 0 Å². The summed E-state index contributed by atoms with van der Waals surface area (Å²) in [6, 6.07) is 9.92. The number of hydrogen-bond donors (Lipinski definition) is 2. The van der Waals surface area contributed by atoms with Crippen LogP contribution in [-0.2, 0) is 21.7 Å². The number of anilines is 1. The number of carboxylic acid groups (broad SMARTS) is 1. The average Bonchev–Trinajstić information content (AvgIpc) is 3.13. The van der Waals surface area contributed by atoms with Crippen LogP contribution in [0.1, 0.15) is 19.5 Å².